The molecule has 22 heavy (non-hydrogen) atoms. The number of sulfonamides is 1. The fraction of sp³-hybridized carbons (Fsp3) is 0.562. The fourth-order valence-corrected chi connectivity index (χ4v) is 3.62. The molecule has 122 valence electrons. The Kier molecular flexibility index (Phi) is 5.24. The predicted octanol–water partition coefficient (Wildman–Crippen LogP) is 1.34. The lowest BCUT2D eigenvalue weighted by atomic mass is 10.0. The average molecular weight is 324 g/mol. The van der Waals surface area contributed by atoms with Crippen LogP contribution in [0.2, 0.25) is 0 Å². The summed E-state index contributed by atoms with van der Waals surface area (Å²) in [5.41, 5.74) is 3.65. The first-order valence-corrected chi connectivity index (χ1v) is 9.41. The quantitative estimate of drug-likeness (QED) is 0.840. The third kappa shape index (κ3) is 4.30. The van der Waals surface area contributed by atoms with E-state index in [1.165, 1.54) is 27.3 Å². The second-order valence-electron chi connectivity index (χ2n) is 5.97. The second-order valence-corrected chi connectivity index (χ2v) is 7.96. The molecule has 0 spiro atoms. The van der Waals surface area contributed by atoms with Crippen molar-refractivity contribution in [1.29, 1.82) is 0 Å². The Balaban J connectivity index is 1.86. The van der Waals surface area contributed by atoms with Gasteiger partial charge in [0.1, 0.15) is 0 Å². The van der Waals surface area contributed by atoms with E-state index in [4.69, 9.17) is 0 Å². The Morgan fingerprint density at radius 2 is 1.77 bits per heavy atom. The molecular weight excluding hydrogens is 300 g/mol. The van der Waals surface area contributed by atoms with Crippen molar-refractivity contribution in [2.24, 2.45) is 0 Å². The third-order valence-electron chi connectivity index (χ3n) is 4.17. The van der Waals surface area contributed by atoms with Gasteiger partial charge in [-0.05, 0) is 31.4 Å². The lowest BCUT2D eigenvalue weighted by Gasteiger charge is -2.33. The van der Waals surface area contributed by atoms with Crippen molar-refractivity contribution in [1.82, 2.24) is 9.21 Å². The minimum atomic E-state index is -3.14. The summed E-state index contributed by atoms with van der Waals surface area (Å²) in [5, 5.41) is 0. The minimum Gasteiger partial charge on any atom is -0.340 e. The predicted molar refractivity (Wildman–Crippen MR) is 87.2 cm³/mol. The number of rotatable bonds is 4. The molecule has 1 heterocycles. The van der Waals surface area contributed by atoms with Crippen LogP contribution in [-0.2, 0) is 21.2 Å². The van der Waals surface area contributed by atoms with Gasteiger partial charge in [0.25, 0.3) is 0 Å². The summed E-state index contributed by atoms with van der Waals surface area (Å²) in [4.78, 5) is 14.0. The minimum absolute atomic E-state index is 0.105. The smallest absolute Gasteiger partial charge is 0.222 e. The van der Waals surface area contributed by atoms with Crippen LogP contribution in [0.15, 0.2) is 18.2 Å². The number of hydrogen-bond donors (Lipinski definition) is 0. The van der Waals surface area contributed by atoms with E-state index in [1.54, 1.807) is 4.90 Å². The molecular formula is C16H24N2O3S. The van der Waals surface area contributed by atoms with Gasteiger partial charge < -0.3 is 4.90 Å². The maximum Gasteiger partial charge on any atom is 0.222 e. The number of carbonyl (C=O) groups is 1. The van der Waals surface area contributed by atoms with Crippen LogP contribution in [0, 0.1) is 13.8 Å². The molecule has 0 saturated carbocycles. The van der Waals surface area contributed by atoms with E-state index in [2.05, 4.69) is 32.0 Å². The monoisotopic (exact) mass is 324 g/mol. The van der Waals surface area contributed by atoms with E-state index in [9.17, 15) is 13.2 Å². The van der Waals surface area contributed by atoms with Crippen LogP contribution in [0.25, 0.3) is 0 Å². The largest absolute Gasteiger partial charge is 0.340 e. The highest BCUT2D eigenvalue weighted by Crippen LogP contribution is 2.14. The molecule has 1 saturated heterocycles. The molecule has 1 amide bonds. The molecule has 0 bridgehead atoms. The van der Waals surface area contributed by atoms with Gasteiger partial charge in [-0.25, -0.2) is 8.42 Å². The summed E-state index contributed by atoms with van der Waals surface area (Å²) in [7, 11) is -3.14. The Labute approximate surface area is 133 Å². The van der Waals surface area contributed by atoms with Gasteiger partial charge >= 0.3 is 0 Å². The number of hydrogen-bond acceptors (Lipinski definition) is 3. The summed E-state index contributed by atoms with van der Waals surface area (Å²) in [6.07, 6.45) is 2.42. The number of nitrogens with zero attached hydrogens (tertiary/aromatic N) is 2. The number of amides is 1. The van der Waals surface area contributed by atoms with E-state index >= 15 is 0 Å². The van der Waals surface area contributed by atoms with Crippen molar-refractivity contribution in [3.63, 3.8) is 0 Å². The molecule has 1 aromatic carbocycles. The molecule has 1 fully saturated rings. The Morgan fingerprint density at radius 3 is 2.32 bits per heavy atom. The van der Waals surface area contributed by atoms with Gasteiger partial charge in [0.2, 0.25) is 15.9 Å². The van der Waals surface area contributed by atoms with E-state index in [0.717, 1.165) is 6.42 Å². The van der Waals surface area contributed by atoms with E-state index in [-0.39, 0.29) is 5.91 Å². The lowest BCUT2D eigenvalue weighted by Crippen LogP contribution is -2.50. The molecule has 1 aliphatic rings. The molecule has 0 aliphatic carbocycles. The van der Waals surface area contributed by atoms with Crippen LogP contribution in [0.1, 0.15) is 23.1 Å². The zero-order valence-electron chi connectivity index (χ0n) is 13.5. The highest BCUT2D eigenvalue weighted by Gasteiger charge is 2.25. The van der Waals surface area contributed by atoms with Crippen molar-refractivity contribution in [3.05, 3.63) is 34.9 Å². The highest BCUT2D eigenvalue weighted by atomic mass is 32.2. The highest BCUT2D eigenvalue weighted by molar-refractivity contribution is 7.88. The number of piperazine rings is 1. The van der Waals surface area contributed by atoms with Gasteiger partial charge in [-0.2, -0.15) is 4.31 Å². The van der Waals surface area contributed by atoms with Crippen LogP contribution in [-0.4, -0.2) is 56.0 Å². The van der Waals surface area contributed by atoms with Crippen molar-refractivity contribution in [2.45, 2.75) is 26.7 Å². The van der Waals surface area contributed by atoms with Gasteiger partial charge in [0.05, 0.1) is 6.26 Å². The van der Waals surface area contributed by atoms with Gasteiger partial charge in [-0.3, -0.25) is 4.79 Å². The third-order valence-corrected chi connectivity index (χ3v) is 5.47. The Hall–Kier alpha value is -1.40. The van der Waals surface area contributed by atoms with Crippen LogP contribution >= 0.6 is 0 Å². The summed E-state index contributed by atoms with van der Waals surface area (Å²) in [5.74, 6) is 0.105. The lowest BCUT2D eigenvalue weighted by molar-refractivity contribution is -0.132. The number of carbonyl (C=O) groups excluding carboxylic acids is 1. The zero-order valence-corrected chi connectivity index (χ0v) is 14.3. The summed E-state index contributed by atoms with van der Waals surface area (Å²) in [6.45, 7) is 5.89. The topological polar surface area (TPSA) is 57.7 Å². The molecule has 0 aromatic heterocycles. The standard InChI is InChI=1S/C16H24N2O3S/c1-13-4-5-15(14(2)12-13)6-7-16(19)17-8-10-18(11-9-17)22(3,20)21/h4-5,12H,6-11H2,1-3H3. The van der Waals surface area contributed by atoms with Crippen molar-refractivity contribution in [3.8, 4) is 0 Å². The van der Waals surface area contributed by atoms with E-state index < -0.39 is 10.0 Å². The number of benzene rings is 1. The maximum absolute atomic E-state index is 12.3. The Bertz CT molecular complexity index is 647. The summed E-state index contributed by atoms with van der Waals surface area (Å²) >= 11 is 0. The van der Waals surface area contributed by atoms with Crippen molar-refractivity contribution < 1.29 is 13.2 Å². The van der Waals surface area contributed by atoms with Gasteiger partial charge in [-0.1, -0.05) is 23.8 Å². The van der Waals surface area contributed by atoms with E-state index in [1.807, 2.05) is 0 Å². The molecule has 6 heteroatoms. The van der Waals surface area contributed by atoms with E-state index in [0.29, 0.717) is 32.6 Å². The van der Waals surface area contributed by atoms with Gasteiger partial charge in [0.15, 0.2) is 0 Å². The molecule has 0 N–H and O–H groups in total. The molecule has 2 rings (SSSR count). The van der Waals surface area contributed by atoms with Crippen LogP contribution in [0.4, 0.5) is 0 Å². The first-order chi connectivity index (χ1) is 10.3. The van der Waals surface area contributed by atoms with Gasteiger partial charge in [-0.15, -0.1) is 0 Å². The molecule has 0 radical (unpaired) electrons. The van der Waals surface area contributed by atoms with Crippen molar-refractivity contribution >= 4 is 15.9 Å². The molecule has 0 unspecified atom stereocenters. The second kappa shape index (κ2) is 6.79. The van der Waals surface area contributed by atoms with Crippen molar-refractivity contribution in [2.75, 3.05) is 32.4 Å². The average Bonchev–Trinajstić information content (AvgIpc) is 2.45. The zero-order chi connectivity index (χ0) is 16.3. The summed E-state index contributed by atoms with van der Waals surface area (Å²) < 4.78 is 24.4. The van der Waals surface area contributed by atoms with Crippen LogP contribution in [0.3, 0.4) is 0 Å². The number of aryl methyl sites for hydroxylation is 3. The molecule has 1 aliphatic heterocycles. The Morgan fingerprint density at radius 1 is 1.14 bits per heavy atom. The normalized spacial score (nSPS) is 16.8. The SMILES string of the molecule is Cc1ccc(CCC(=O)N2CCN(S(C)(=O)=O)CC2)c(C)c1. The molecule has 0 atom stereocenters. The van der Waals surface area contributed by atoms with Gasteiger partial charge in [0, 0.05) is 32.6 Å². The summed E-state index contributed by atoms with van der Waals surface area (Å²) in [6, 6.07) is 6.28. The molecule has 1 aromatic rings. The van der Waals surface area contributed by atoms with Crippen LogP contribution < -0.4 is 0 Å². The maximum atomic E-state index is 12.3. The first-order valence-electron chi connectivity index (χ1n) is 7.56. The fourth-order valence-electron chi connectivity index (χ4n) is 2.80. The van der Waals surface area contributed by atoms with Crippen LogP contribution in [0.5, 0.6) is 0 Å². The first kappa shape index (κ1) is 17.0. The molecule has 5 nitrogen and oxygen atoms in total.